The van der Waals surface area contributed by atoms with E-state index in [1.807, 2.05) is 13.0 Å². The van der Waals surface area contributed by atoms with E-state index < -0.39 is 6.04 Å². The molecule has 0 saturated carbocycles. The number of halogens is 1. The summed E-state index contributed by atoms with van der Waals surface area (Å²) in [6, 6.07) is 4.54. The largest absolute Gasteiger partial charge is 0.374 e. The SMILES string of the molecule is C=C1CCC(NC(=C)c2ccc(C)cc2F)C(=O)N1. The lowest BCUT2D eigenvalue weighted by Gasteiger charge is -2.26. The van der Waals surface area contributed by atoms with Crippen LogP contribution in [-0.2, 0) is 4.79 Å². The standard InChI is InChI=1S/C15H17FN2O/c1-9-4-6-12(13(16)8-9)11(3)18-14-7-5-10(2)17-15(14)19/h4,6,8,14,18H,2-3,5,7H2,1H3,(H,17,19). The van der Waals surface area contributed by atoms with Gasteiger partial charge >= 0.3 is 0 Å². The summed E-state index contributed by atoms with van der Waals surface area (Å²) in [6.07, 6.45) is 1.35. The third-order valence-electron chi connectivity index (χ3n) is 3.15. The van der Waals surface area contributed by atoms with Gasteiger partial charge in [0.05, 0.1) is 0 Å². The van der Waals surface area contributed by atoms with E-state index in [1.165, 1.54) is 6.07 Å². The van der Waals surface area contributed by atoms with E-state index in [0.29, 0.717) is 24.1 Å². The molecule has 4 heteroatoms. The number of nitrogens with one attached hydrogen (secondary N) is 2. The predicted molar refractivity (Wildman–Crippen MR) is 73.6 cm³/mol. The van der Waals surface area contributed by atoms with Gasteiger partial charge in [-0.1, -0.05) is 19.2 Å². The smallest absolute Gasteiger partial charge is 0.246 e. The lowest BCUT2D eigenvalue weighted by atomic mass is 10.0. The molecular weight excluding hydrogens is 243 g/mol. The fourth-order valence-corrected chi connectivity index (χ4v) is 2.06. The van der Waals surface area contributed by atoms with Crippen molar-refractivity contribution in [3.63, 3.8) is 0 Å². The summed E-state index contributed by atoms with van der Waals surface area (Å²) in [6.45, 7) is 9.35. The zero-order chi connectivity index (χ0) is 14.0. The van der Waals surface area contributed by atoms with Gasteiger partial charge in [0.2, 0.25) is 5.91 Å². The van der Waals surface area contributed by atoms with E-state index >= 15 is 0 Å². The minimum absolute atomic E-state index is 0.148. The molecule has 1 aromatic carbocycles. The number of hydrogen-bond donors (Lipinski definition) is 2. The molecule has 2 N–H and O–H groups in total. The molecule has 1 amide bonds. The van der Waals surface area contributed by atoms with Crippen LogP contribution in [0.1, 0.15) is 24.0 Å². The maximum absolute atomic E-state index is 13.8. The summed E-state index contributed by atoms with van der Waals surface area (Å²) < 4.78 is 13.8. The van der Waals surface area contributed by atoms with Crippen molar-refractivity contribution >= 4 is 11.6 Å². The molecule has 1 aliphatic rings. The van der Waals surface area contributed by atoms with Crippen molar-refractivity contribution in [2.75, 3.05) is 0 Å². The number of amides is 1. The molecule has 0 radical (unpaired) electrons. The number of benzene rings is 1. The van der Waals surface area contributed by atoms with Crippen molar-refractivity contribution in [3.8, 4) is 0 Å². The van der Waals surface area contributed by atoms with Gasteiger partial charge in [0.1, 0.15) is 11.9 Å². The zero-order valence-electron chi connectivity index (χ0n) is 10.9. The molecule has 1 heterocycles. The van der Waals surface area contributed by atoms with Crippen LogP contribution in [0.15, 0.2) is 37.1 Å². The van der Waals surface area contributed by atoms with Gasteiger partial charge in [0, 0.05) is 17.0 Å². The van der Waals surface area contributed by atoms with Crippen molar-refractivity contribution < 1.29 is 9.18 Å². The topological polar surface area (TPSA) is 41.1 Å². The molecule has 1 atom stereocenters. The Hall–Kier alpha value is -2.10. The molecule has 1 fully saturated rings. The van der Waals surface area contributed by atoms with Crippen LogP contribution >= 0.6 is 0 Å². The second-order valence-electron chi connectivity index (χ2n) is 4.79. The molecule has 0 aromatic heterocycles. The van der Waals surface area contributed by atoms with Crippen molar-refractivity contribution in [1.29, 1.82) is 0 Å². The summed E-state index contributed by atoms with van der Waals surface area (Å²) in [5.74, 6) is -0.483. The summed E-state index contributed by atoms with van der Waals surface area (Å²) in [4.78, 5) is 11.7. The maximum atomic E-state index is 13.8. The Labute approximate surface area is 112 Å². The Morgan fingerprint density at radius 3 is 2.89 bits per heavy atom. The Bertz CT molecular complexity index is 551. The molecule has 0 bridgehead atoms. The van der Waals surface area contributed by atoms with E-state index in [9.17, 15) is 9.18 Å². The number of aryl methyl sites for hydroxylation is 1. The molecule has 0 aliphatic carbocycles. The van der Waals surface area contributed by atoms with Crippen LogP contribution in [-0.4, -0.2) is 11.9 Å². The summed E-state index contributed by atoms with van der Waals surface area (Å²) in [7, 11) is 0. The minimum atomic E-state index is -0.390. The first kappa shape index (κ1) is 13.3. The van der Waals surface area contributed by atoms with E-state index in [4.69, 9.17) is 0 Å². The molecule has 3 nitrogen and oxygen atoms in total. The van der Waals surface area contributed by atoms with E-state index in [1.54, 1.807) is 6.07 Å². The van der Waals surface area contributed by atoms with Gasteiger partial charge in [-0.3, -0.25) is 4.79 Å². The van der Waals surface area contributed by atoms with Crippen LogP contribution < -0.4 is 10.6 Å². The first-order chi connectivity index (χ1) is 8.97. The molecule has 1 saturated heterocycles. The molecule has 1 aromatic rings. The highest BCUT2D eigenvalue weighted by molar-refractivity contribution is 5.86. The molecular formula is C15H17FN2O. The van der Waals surface area contributed by atoms with Crippen LogP contribution in [0, 0.1) is 12.7 Å². The highest BCUT2D eigenvalue weighted by atomic mass is 19.1. The van der Waals surface area contributed by atoms with Gasteiger partial charge in [0.25, 0.3) is 0 Å². The number of carbonyl (C=O) groups excluding carboxylic acids is 1. The second kappa shape index (κ2) is 5.26. The fraction of sp³-hybridized carbons (Fsp3) is 0.267. The summed E-state index contributed by atoms with van der Waals surface area (Å²) in [5.41, 5.74) is 2.38. The van der Waals surface area contributed by atoms with E-state index in [2.05, 4.69) is 23.8 Å². The fourth-order valence-electron chi connectivity index (χ4n) is 2.06. The lowest BCUT2D eigenvalue weighted by molar-refractivity contribution is -0.123. The Morgan fingerprint density at radius 2 is 2.26 bits per heavy atom. The first-order valence-corrected chi connectivity index (χ1v) is 6.18. The van der Waals surface area contributed by atoms with Crippen molar-refractivity contribution in [2.24, 2.45) is 0 Å². The van der Waals surface area contributed by atoms with Crippen molar-refractivity contribution in [2.45, 2.75) is 25.8 Å². The molecule has 100 valence electrons. The first-order valence-electron chi connectivity index (χ1n) is 6.18. The third-order valence-corrected chi connectivity index (χ3v) is 3.15. The van der Waals surface area contributed by atoms with Gasteiger partial charge in [0.15, 0.2) is 0 Å². The van der Waals surface area contributed by atoms with Crippen molar-refractivity contribution in [1.82, 2.24) is 10.6 Å². The highest BCUT2D eigenvalue weighted by Crippen LogP contribution is 2.19. The third kappa shape index (κ3) is 3.02. The summed E-state index contributed by atoms with van der Waals surface area (Å²) in [5, 5.41) is 5.66. The molecule has 1 unspecified atom stereocenters. The Kier molecular flexibility index (Phi) is 3.69. The van der Waals surface area contributed by atoms with E-state index in [0.717, 1.165) is 11.3 Å². The monoisotopic (exact) mass is 260 g/mol. The van der Waals surface area contributed by atoms with Crippen LogP contribution in [0.3, 0.4) is 0 Å². The number of rotatable bonds is 3. The zero-order valence-corrected chi connectivity index (χ0v) is 10.9. The average molecular weight is 260 g/mol. The van der Waals surface area contributed by atoms with Crippen LogP contribution in [0.2, 0.25) is 0 Å². The number of piperidine rings is 1. The van der Waals surface area contributed by atoms with Crippen LogP contribution in [0.4, 0.5) is 4.39 Å². The predicted octanol–water partition coefficient (Wildman–Crippen LogP) is 2.49. The van der Waals surface area contributed by atoms with Gasteiger partial charge in [-0.2, -0.15) is 0 Å². The number of allylic oxidation sites excluding steroid dienone is 1. The quantitative estimate of drug-likeness (QED) is 0.876. The Morgan fingerprint density at radius 1 is 1.53 bits per heavy atom. The average Bonchev–Trinajstić information content (AvgIpc) is 2.32. The van der Waals surface area contributed by atoms with Crippen molar-refractivity contribution in [3.05, 3.63) is 54.0 Å². The van der Waals surface area contributed by atoms with Gasteiger partial charge in [-0.15, -0.1) is 0 Å². The van der Waals surface area contributed by atoms with E-state index in [-0.39, 0.29) is 11.7 Å². The lowest BCUT2D eigenvalue weighted by Crippen LogP contribution is -2.46. The molecule has 1 aliphatic heterocycles. The number of carbonyl (C=O) groups is 1. The van der Waals surface area contributed by atoms with Crippen LogP contribution in [0.5, 0.6) is 0 Å². The van der Waals surface area contributed by atoms with Crippen LogP contribution in [0.25, 0.3) is 5.70 Å². The molecule has 2 rings (SSSR count). The second-order valence-corrected chi connectivity index (χ2v) is 4.79. The molecule has 0 spiro atoms. The maximum Gasteiger partial charge on any atom is 0.246 e. The minimum Gasteiger partial charge on any atom is -0.374 e. The van der Waals surface area contributed by atoms with Gasteiger partial charge in [-0.25, -0.2) is 4.39 Å². The summed E-state index contributed by atoms with van der Waals surface area (Å²) >= 11 is 0. The van der Waals surface area contributed by atoms with Gasteiger partial charge in [-0.05, 0) is 37.5 Å². The Balaban J connectivity index is 2.09. The number of hydrogen-bond acceptors (Lipinski definition) is 2. The molecule has 19 heavy (non-hydrogen) atoms. The normalized spacial score (nSPS) is 18.9. The van der Waals surface area contributed by atoms with Gasteiger partial charge < -0.3 is 10.6 Å². The highest BCUT2D eigenvalue weighted by Gasteiger charge is 2.24.